The summed E-state index contributed by atoms with van der Waals surface area (Å²) in [4.78, 5) is 4.20. The Morgan fingerprint density at radius 2 is 0.906 bits per heavy atom. The van der Waals surface area contributed by atoms with Gasteiger partial charge in [-0.3, -0.25) is 4.98 Å². The molecule has 0 saturated carbocycles. The third kappa shape index (κ3) is 5.49. The third-order valence-corrected chi connectivity index (χ3v) is 9.50. The smallest absolute Gasteiger partial charge is 0.0998 e. The van der Waals surface area contributed by atoms with Crippen LogP contribution in [-0.2, 0) is 0 Å². The van der Waals surface area contributed by atoms with Gasteiger partial charge in [0, 0.05) is 34.3 Å². The fourth-order valence-electron chi connectivity index (χ4n) is 7.02. The van der Waals surface area contributed by atoms with E-state index in [1.165, 1.54) is 0 Å². The van der Waals surface area contributed by atoms with Crippen LogP contribution >= 0.6 is 0 Å². The van der Waals surface area contributed by atoms with Gasteiger partial charge < -0.3 is 4.57 Å². The molecule has 7 nitrogen and oxygen atoms in total. The summed E-state index contributed by atoms with van der Waals surface area (Å²) < 4.78 is 2.19. The van der Waals surface area contributed by atoms with Crippen molar-refractivity contribution in [2.45, 2.75) is 0 Å². The lowest BCUT2D eigenvalue weighted by Gasteiger charge is -2.18. The van der Waals surface area contributed by atoms with Gasteiger partial charge in [-0.25, -0.2) is 0 Å². The number of pyridine rings is 1. The first-order valence-corrected chi connectivity index (χ1v) is 16.6. The van der Waals surface area contributed by atoms with Crippen LogP contribution in [0.4, 0.5) is 0 Å². The molecule has 8 aromatic rings. The molecule has 2 heterocycles. The zero-order valence-corrected chi connectivity index (χ0v) is 27.9. The zero-order valence-electron chi connectivity index (χ0n) is 27.9. The molecule has 2 aromatic heterocycles. The molecule has 0 unspecified atom stereocenters. The van der Waals surface area contributed by atoms with Gasteiger partial charge in [0.2, 0.25) is 0 Å². The van der Waals surface area contributed by atoms with Gasteiger partial charge in [0.25, 0.3) is 0 Å². The van der Waals surface area contributed by atoms with Gasteiger partial charge in [0.1, 0.15) is 0 Å². The van der Waals surface area contributed by atoms with Crippen LogP contribution in [0.2, 0.25) is 0 Å². The summed E-state index contributed by atoms with van der Waals surface area (Å²) in [7, 11) is 0. The van der Waals surface area contributed by atoms with Crippen LogP contribution in [0.1, 0.15) is 27.8 Å². The van der Waals surface area contributed by atoms with E-state index in [4.69, 9.17) is 0 Å². The number of aromatic nitrogens is 2. The quantitative estimate of drug-likeness (QED) is 0.178. The predicted molar refractivity (Wildman–Crippen MR) is 204 cm³/mol. The third-order valence-electron chi connectivity index (χ3n) is 9.50. The number of hydrogen-bond donors (Lipinski definition) is 0. The minimum absolute atomic E-state index is 0.393. The Kier molecular flexibility index (Phi) is 7.96. The highest BCUT2D eigenvalue weighted by Gasteiger charge is 2.21. The van der Waals surface area contributed by atoms with Gasteiger partial charge in [-0.2, -0.15) is 26.3 Å². The molecular weight excluding hydrogens is 651 g/mol. The van der Waals surface area contributed by atoms with Crippen molar-refractivity contribution in [2.75, 3.05) is 0 Å². The summed E-state index contributed by atoms with van der Waals surface area (Å²) >= 11 is 0. The molecule has 242 valence electrons. The van der Waals surface area contributed by atoms with Crippen molar-refractivity contribution in [3.05, 3.63) is 168 Å². The molecule has 8 rings (SSSR count). The first-order valence-electron chi connectivity index (χ1n) is 16.6. The van der Waals surface area contributed by atoms with E-state index in [-0.39, 0.29) is 0 Å². The molecule has 0 aliphatic rings. The Hall–Kier alpha value is -8.28. The van der Waals surface area contributed by atoms with E-state index >= 15 is 0 Å². The van der Waals surface area contributed by atoms with Crippen molar-refractivity contribution >= 4 is 21.8 Å². The Labute approximate surface area is 305 Å². The highest BCUT2D eigenvalue weighted by Crippen LogP contribution is 2.42. The fraction of sp³-hybridized carbons (Fsp3) is 0. The molecule has 0 amide bonds. The van der Waals surface area contributed by atoms with Gasteiger partial charge in [0.05, 0.1) is 74.9 Å². The average molecular weight is 674 g/mol. The molecule has 0 aliphatic carbocycles. The van der Waals surface area contributed by atoms with Gasteiger partial charge in [-0.05, 0) is 106 Å². The maximum absolute atomic E-state index is 10.4. The second-order valence-electron chi connectivity index (χ2n) is 12.4. The van der Waals surface area contributed by atoms with Crippen LogP contribution in [0.5, 0.6) is 0 Å². The SMILES string of the molecule is N#Cc1ccc(-c2ccc3c(c2)c2cc(-c4ccc(C#N)cc4C#N)ccc2n3-c2cc(-c3ccncc3)c(C#N)cc2-c2ccccc2)c(C#N)c1. The summed E-state index contributed by atoms with van der Waals surface area (Å²) in [5, 5.41) is 51.3. The lowest BCUT2D eigenvalue weighted by atomic mass is 9.94. The largest absolute Gasteiger partial charge is 0.309 e. The van der Waals surface area contributed by atoms with Crippen molar-refractivity contribution in [2.24, 2.45) is 0 Å². The first-order chi connectivity index (χ1) is 26.0. The topological polar surface area (TPSA) is 137 Å². The standard InChI is InChI=1S/C46H23N7/c47-24-29-6-10-38(35(18-29)26-49)33-8-12-44-42(20-33)43-21-34(39-11-7-30(25-48)19-36(39)27-50)9-13-45(43)53(44)46-23-40(32-14-16-52-17-15-32)37(28-51)22-41(46)31-4-2-1-3-5-31/h1-23H. The van der Waals surface area contributed by atoms with Gasteiger partial charge in [-0.1, -0.05) is 54.6 Å². The highest BCUT2D eigenvalue weighted by molar-refractivity contribution is 6.12. The molecule has 0 atom stereocenters. The van der Waals surface area contributed by atoms with Crippen molar-refractivity contribution in [3.8, 4) is 80.5 Å². The van der Waals surface area contributed by atoms with E-state index in [2.05, 4.69) is 58.1 Å². The molecule has 0 bridgehead atoms. The van der Waals surface area contributed by atoms with E-state index in [0.29, 0.717) is 38.9 Å². The van der Waals surface area contributed by atoms with Crippen LogP contribution in [0, 0.1) is 56.7 Å². The maximum Gasteiger partial charge on any atom is 0.0998 e. The number of hydrogen-bond acceptors (Lipinski definition) is 6. The Morgan fingerprint density at radius 1 is 0.396 bits per heavy atom. The highest BCUT2D eigenvalue weighted by atomic mass is 15.0. The van der Waals surface area contributed by atoms with E-state index in [9.17, 15) is 26.3 Å². The molecule has 53 heavy (non-hydrogen) atoms. The van der Waals surface area contributed by atoms with E-state index in [0.717, 1.165) is 60.9 Å². The maximum atomic E-state index is 10.4. The molecule has 7 heteroatoms. The Bertz CT molecular complexity index is 2860. The second-order valence-corrected chi connectivity index (χ2v) is 12.4. The van der Waals surface area contributed by atoms with Crippen molar-refractivity contribution in [1.82, 2.24) is 9.55 Å². The van der Waals surface area contributed by atoms with Crippen LogP contribution in [0.3, 0.4) is 0 Å². The average Bonchev–Trinajstić information content (AvgIpc) is 3.55. The summed E-state index contributed by atoms with van der Waals surface area (Å²) in [6.45, 7) is 0. The molecule has 0 radical (unpaired) electrons. The zero-order chi connectivity index (χ0) is 36.5. The van der Waals surface area contributed by atoms with Crippen LogP contribution in [-0.4, -0.2) is 9.55 Å². The lowest BCUT2D eigenvalue weighted by molar-refractivity contribution is 1.18. The number of nitriles is 5. The summed E-state index contributed by atoms with van der Waals surface area (Å²) in [5.74, 6) is 0. The molecule has 0 saturated heterocycles. The number of nitrogens with zero attached hydrogens (tertiary/aromatic N) is 7. The fourth-order valence-corrected chi connectivity index (χ4v) is 7.02. The van der Waals surface area contributed by atoms with Crippen molar-refractivity contribution in [1.29, 1.82) is 26.3 Å². The van der Waals surface area contributed by atoms with Crippen molar-refractivity contribution < 1.29 is 0 Å². The molecule has 6 aromatic carbocycles. The Morgan fingerprint density at radius 3 is 1.42 bits per heavy atom. The lowest BCUT2D eigenvalue weighted by Crippen LogP contribution is -2.00. The summed E-state index contributed by atoms with van der Waals surface area (Å²) in [5.41, 5.74) is 11.2. The molecule has 0 fully saturated rings. The molecule has 0 N–H and O–H groups in total. The van der Waals surface area contributed by atoms with Crippen LogP contribution in [0.25, 0.3) is 72.0 Å². The molecular formula is C46H23N7. The second kappa shape index (κ2) is 13.2. The minimum atomic E-state index is 0.393. The number of fused-ring (bicyclic) bond motifs is 3. The normalized spacial score (nSPS) is 10.5. The summed E-state index contributed by atoms with van der Waals surface area (Å²) in [6.07, 6.45) is 3.42. The van der Waals surface area contributed by atoms with Gasteiger partial charge >= 0.3 is 0 Å². The minimum Gasteiger partial charge on any atom is -0.309 e. The predicted octanol–water partition coefficient (Wildman–Crippen LogP) is 10.2. The summed E-state index contributed by atoms with van der Waals surface area (Å²) in [6, 6.07) is 51.2. The van der Waals surface area contributed by atoms with E-state index in [1.54, 1.807) is 48.8 Å². The van der Waals surface area contributed by atoms with E-state index in [1.807, 2.05) is 72.8 Å². The molecule has 0 aliphatic heterocycles. The van der Waals surface area contributed by atoms with Crippen LogP contribution in [0.15, 0.2) is 140 Å². The molecule has 0 spiro atoms. The number of rotatable bonds is 5. The van der Waals surface area contributed by atoms with Crippen LogP contribution < -0.4 is 0 Å². The first kappa shape index (κ1) is 32.0. The van der Waals surface area contributed by atoms with Gasteiger partial charge in [-0.15, -0.1) is 0 Å². The van der Waals surface area contributed by atoms with E-state index < -0.39 is 0 Å². The van der Waals surface area contributed by atoms with Crippen molar-refractivity contribution in [3.63, 3.8) is 0 Å². The Balaban J connectivity index is 1.48. The van der Waals surface area contributed by atoms with Gasteiger partial charge in [0.15, 0.2) is 0 Å². The number of benzene rings is 6. The monoisotopic (exact) mass is 673 g/mol.